The molecule has 2 aromatic rings. The van der Waals surface area contributed by atoms with E-state index < -0.39 is 18.4 Å². The summed E-state index contributed by atoms with van der Waals surface area (Å²) in [6.45, 7) is -0.470. The molecule has 1 N–H and O–H groups in total. The third-order valence-electron chi connectivity index (χ3n) is 3.36. The van der Waals surface area contributed by atoms with Gasteiger partial charge in [-0.1, -0.05) is 29.3 Å². The number of benzene rings is 2. The van der Waals surface area contributed by atoms with Crippen LogP contribution in [-0.2, 0) is 11.3 Å². The topological polar surface area (TPSA) is 66.8 Å². The van der Waals surface area contributed by atoms with Crippen molar-refractivity contribution in [1.29, 1.82) is 0 Å². The summed E-state index contributed by atoms with van der Waals surface area (Å²) in [4.78, 5) is 24.9. The van der Waals surface area contributed by atoms with Gasteiger partial charge in [0.2, 0.25) is 0 Å². The fourth-order valence-electron chi connectivity index (χ4n) is 2.15. The van der Waals surface area contributed by atoms with Crippen molar-refractivity contribution in [2.24, 2.45) is 0 Å². The van der Waals surface area contributed by atoms with E-state index in [1.54, 1.807) is 42.5 Å². The van der Waals surface area contributed by atoms with Gasteiger partial charge in [0, 0.05) is 27.7 Å². The van der Waals surface area contributed by atoms with Gasteiger partial charge >= 0.3 is 5.97 Å². The normalized spacial score (nSPS) is 10.3. The molecule has 0 aromatic heterocycles. The minimum Gasteiger partial charge on any atom is -0.497 e. The van der Waals surface area contributed by atoms with Crippen molar-refractivity contribution in [1.82, 2.24) is 4.90 Å². The van der Waals surface area contributed by atoms with Crippen LogP contribution in [0, 0.1) is 0 Å². The van der Waals surface area contributed by atoms with Gasteiger partial charge in [-0.3, -0.25) is 9.59 Å². The number of carbonyl (C=O) groups is 2. The molecule has 0 unspecified atom stereocenters. The first-order chi connectivity index (χ1) is 11.4. The third-order valence-corrected chi connectivity index (χ3v) is 4.07. The summed E-state index contributed by atoms with van der Waals surface area (Å²) in [6.07, 6.45) is 0. The second-order valence-electron chi connectivity index (χ2n) is 4.98. The Balaban J connectivity index is 2.30. The minimum absolute atomic E-state index is 0.00430. The number of halogens is 2. The van der Waals surface area contributed by atoms with Crippen molar-refractivity contribution >= 4 is 35.1 Å². The average Bonchev–Trinajstić information content (AvgIpc) is 2.56. The zero-order chi connectivity index (χ0) is 17.7. The summed E-state index contributed by atoms with van der Waals surface area (Å²) < 4.78 is 5.05. The van der Waals surface area contributed by atoms with Crippen LogP contribution in [0.3, 0.4) is 0 Å². The maximum absolute atomic E-state index is 12.6. The Hall–Kier alpha value is -2.24. The minimum atomic E-state index is -1.12. The lowest BCUT2D eigenvalue weighted by Gasteiger charge is -2.22. The van der Waals surface area contributed by atoms with Gasteiger partial charge in [0.15, 0.2) is 0 Å². The van der Waals surface area contributed by atoms with E-state index in [0.717, 1.165) is 0 Å². The van der Waals surface area contributed by atoms with Crippen LogP contribution in [0.1, 0.15) is 15.9 Å². The predicted molar refractivity (Wildman–Crippen MR) is 91.8 cm³/mol. The van der Waals surface area contributed by atoms with Gasteiger partial charge in [-0.15, -0.1) is 0 Å². The highest BCUT2D eigenvalue weighted by Gasteiger charge is 2.21. The molecule has 1 amide bonds. The van der Waals surface area contributed by atoms with E-state index in [9.17, 15) is 9.59 Å². The molecule has 0 saturated carbocycles. The molecule has 2 rings (SSSR count). The Morgan fingerprint density at radius 1 is 1.08 bits per heavy atom. The number of carbonyl (C=O) groups excluding carboxylic acids is 1. The Morgan fingerprint density at radius 2 is 1.67 bits per heavy atom. The van der Waals surface area contributed by atoms with Crippen LogP contribution < -0.4 is 4.74 Å². The predicted octanol–water partition coefficient (Wildman–Crippen LogP) is 3.73. The maximum Gasteiger partial charge on any atom is 0.323 e. The first-order valence-corrected chi connectivity index (χ1v) is 7.76. The number of amides is 1. The van der Waals surface area contributed by atoms with Crippen molar-refractivity contribution < 1.29 is 19.4 Å². The van der Waals surface area contributed by atoms with E-state index >= 15 is 0 Å². The molecule has 126 valence electrons. The second-order valence-corrected chi connectivity index (χ2v) is 5.80. The van der Waals surface area contributed by atoms with E-state index in [1.165, 1.54) is 12.0 Å². The summed E-state index contributed by atoms with van der Waals surface area (Å²) in [5.41, 5.74) is 0.851. The van der Waals surface area contributed by atoms with E-state index in [1.807, 2.05) is 0 Å². The largest absolute Gasteiger partial charge is 0.497 e. The molecule has 7 heteroatoms. The lowest BCUT2D eigenvalue weighted by molar-refractivity contribution is -0.137. The molecule has 0 fully saturated rings. The first-order valence-electron chi connectivity index (χ1n) is 7.00. The van der Waals surface area contributed by atoms with Gasteiger partial charge in [0.25, 0.3) is 5.91 Å². The molecule has 2 aromatic carbocycles. The summed E-state index contributed by atoms with van der Waals surface area (Å²) in [7, 11) is 1.52. The van der Waals surface area contributed by atoms with Crippen LogP contribution in [0.25, 0.3) is 0 Å². The fraction of sp³-hybridized carbons (Fsp3) is 0.176. The lowest BCUT2D eigenvalue weighted by Crippen LogP contribution is -2.35. The van der Waals surface area contributed by atoms with E-state index in [4.69, 9.17) is 33.0 Å². The molecule has 0 aliphatic carbocycles. The standard InChI is InChI=1S/C17H15Cl2NO4/c1-24-12-7-5-11(6-8-12)17(23)20(10-16(21)22)9-13-14(18)3-2-4-15(13)19/h2-8H,9-10H2,1H3,(H,21,22). The molecule has 24 heavy (non-hydrogen) atoms. The van der Waals surface area contributed by atoms with Crippen LogP contribution in [0.2, 0.25) is 10.0 Å². The average molecular weight is 368 g/mol. The van der Waals surface area contributed by atoms with E-state index in [0.29, 0.717) is 26.9 Å². The van der Waals surface area contributed by atoms with Crippen LogP contribution in [-0.4, -0.2) is 35.5 Å². The highest BCUT2D eigenvalue weighted by molar-refractivity contribution is 6.36. The number of carboxylic acid groups (broad SMARTS) is 1. The van der Waals surface area contributed by atoms with Crippen LogP contribution in [0.5, 0.6) is 5.75 Å². The summed E-state index contributed by atoms with van der Waals surface area (Å²) >= 11 is 12.2. The zero-order valence-corrected chi connectivity index (χ0v) is 14.3. The number of nitrogens with zero attached hydrogens (tertiary/aromatic N) is 1. The Morgan fingerprint density at radius 3 is 2.17 bits per heavy atom. The van der Waals surface area contributed by atoms with Crippen molar-refractivity contribution in [3.05, 3.63) is 63.6 Å². The molecule has 0 radical (unpaired) electrons. The number of carboxylic acids is 1. The molecule has 5 nitrogen and oxygen atoms in total. The number of hydrogen-bond acceptors (Lipinski definition) is 3. The first kappa shape index (κ1) is 18.1. The molecule has 0 spiro atoms. The Kier molecular flexibility index (Phi) is 6.06. The number of hydrogen-bond donors (Lipinski definition) is 1. The second kappa shape index (κ2) is 8.04. The zero-order valence-electron chi connectivity index (χ0n) is 12.8. The molecular formula is C17H15Cl2NO4. The summed E-state index contributed by atoms with van der Waals surface area (Å²) in [5.74, 6) is -0.957. The van der Waals surface area contributed by atoms with E-state index in [2.05, 4.69) is 0 Å². The molecule has 0 heterocycles. The SMILES string of the molecule is COc1ccc(C(=O)N(CC(=O)O)Cc2c(Cl)cccc2Cl)cc1. The number of ether oxygens (including phenoxy) is 1. The van der Waals surface area contributed by atoms with Crippen molar-refractivity contribution in [2.75, 3.05) is 13.7 Å². The molecular weight excluding hydrogens is 353 g/mol. The number of aliphatic carboxylic acids is 1. The number of rotatable bonds is 6. The van der Waals surface area contributed by atoms with Crippen molar-refractivity contribution in [3.8, 4) is 5.75 Å². The molecule has 0 bridgehead atoms. The Labute approximate surface area is 149 Å². The molecule has 0 aliphatic rings. The van der Waals surface area contributed by atoms with Gasteiger partial charge in [-0.25, -0.2) is 0 Å². The van der Waals surface area contributed by atoms with Crippen LogP contribution >= 0.6 is 23.2 Å². The van der Waals surface area contributed by atoms with Crippen LogP contribution in [0.4, 0.5) is 0 Å². The van der Waals surface area contributed by atoms with Crippen molar-refractivity contribution in [3.63, 3.8) is 0 Å². The quantitative estimate of drug-likeness (QED) is 0.844. The molecule has 0 aliphatic heterocycles. The highest BCUT2D eigenvalue weighted by atomic mass is 35.5. The molecule has 0 atom stereocenters. The number of methoxy groups -OCH3 is 1. The van der Waals surface area contributed by atoms with Crippen LogP contribution in [0.15, 0.2) is 42.5 Å². The lowest BCUT2D eigenvalue weighted by atomic mass is 10.1. The van der Waals surface area contributed by atoms with Gasteiger partial charge in [0.1, 0.15) is 12.3 Å². The maximum atomic E-state index is 12.6. The summed E-state index contributed by atoms with van der Waals surface area (Å²) in [5, 5.41) is 9.85. The van der Waals surface area contributed by atoms with Gasteiger partial charge < -0.3 is 14.7 Å². The third kappa shape index (κ3) is 4.40. The fourth-order valence-corrected chi connectivity index (χ4v) is 2.67. The van der Waals surface area contributed by atoms with Gasteiger partial charge in [-0.05, 0) is 36.4 Å². The van der Waals surface area contributed by atoms with Gasteiger partial charge in [-0.2, -0.15) is 0 Å². The monoisotopic (exact) mass is 367 g/mol. The van der Waals surface area contributed by atoms with E-state index in [-0.39, 0.29) is 6.54 Å². The van der Waals surface area contributed by atoms with Gasteiger partial charge in [0.05, 0.1) is 7.11 Å². The molecule has 0 saturated heterocycles. The highest BCUT2D eigenvalue weighted by Crippen LogP contribution is 2.26. The Bertz CT molecular complexity index is 727. The van der Waals surface area contributed by atoms with Crippen molar-refractivity contribution in [2.45, 2.75) is 6.54 Å². The smallest absolute Gasteiger partial charge is 0.323 e. The summed E-state index contributed by atoms with van der Waals surface area (Å²) in [6, 6.07) is 11.4.